The third-order valence-corrected chi connectivity index (χ3v) is 5.16. The molecule has 0 spiro atoms. The Balaban J connectivity index is 1.61. The molecule has 7 nitrogen and oxygen atoms in total. The van der Waals surface area contributed by atoms with Crippen LogP contribution in [0.2, 0.25) is 0 Å². The number of nitrogens with one attached hydrogen (secondary N) is 2. The summed E-state index contributed by atoms with van der Waals surface area (Å²) < 4.78 is 21.9. The number of carbonyl (C=O) groups excluding carboxylic acids is 1. The summed E-state index contributed by atoms with van der Waals surface area (Å²) in [6, 6.07) is 11.0. The largest absolute Gasteiger partial charge is 0.493 e. The van der Waals surface area contributed by atoms with Gasteiger partial charge in [0.25, 0.3) is 0 Å². The highest BCUT2D eigenvalue weighted by Gasteiger charge is 2.14. The molecule has 1 aliphatic heterocycles. The minimum atomic E-state index is -0.246. The first-order valence-electron chi connectivity index (χ1n) is 10.4. The molecule has 1 saturated heterocycles. The molecule has 0 radical (unpaired) electrons. The summed E-state index contributed by atoms with van der Waals surface area (Å²) in [6.45, 7) is 2.78. The summed E-state index contributed by atoms with van der Waals surface area (Å²) in [5.41, 5.74) is 1.44. The lowest BCUT2D eigenvalue weighted by atomic mass is 9.99. The number of amides is 1. The lowest BCUT2D eigenvalue weighted by Crippen LogP contribution is -2.30. The van der Waals surface area contributed by atoms with Crippen molar-refractivity contribution >= 4 is 17.7 Å². The van der Waals surface area contributed by atoms with Gasteiger partial charge in [-0.3, -0.25) is 4.79 Å². The number of anilines is 1. The van der Waals surface area contributed by atoms with Gasteiger partial charge in [-0.05, 0) is 67.8 Å². The smallest absolute Gasteiger partial charge is 0.248 e. The Labute approximate surface area is 183 Å². The zero-order valence-electron chi connectivity index (χ0n) is 18.3. The van der Waals surface area contributed by atoms with Crippen molar-refractivity contribution in [1.82, 2.24) is 5.32 Å². The van der Waals surface area contributed by atoms with Crippen LogP contribution < -0.4 is 29.6 Å². The Bertz CT molecular complexity index is 882. The van der Waals surface area contributed by atoms with E-state index in [0.29, 0.717) is 35.5 Å². The summed E-state index contributed by atoms with van der Waals surface area (Å²) >= 11 is 0. The van der Waals surface area contributed by atoms with Crippen molar-refractivity contribution in [2.24, 2.45) is 5.92 Å². The standard InChI is InChI=1S/C24H30N2O5/c1-28-21-13-18(14-22(29-2)24(21)30-3)7-8-23(27)26-19-5-4-6-20(15-19)31-16-17-9-11-25-12-10-17/h4-8,13-15,17,25H,9-12,16H2,1-3H3,(H,26,27). The van der Waals surface area contributed by atoms with Gasteiger partial charge in [0.15, 0.2) is 11.5 Å². The molecule has 1 amide bonds. The van der Waals surface area contributed by atoms with E-state index in [2.05, 4.69) is 10.6 Å². The zero-order chi connectivity index (χ0) is 22.1. The quantitative estimate of drug-likeness (QED) is 0.595. The summed E-state index contributed by atoms with van der Waals surface area (Å²) in [4.78, 5) is 12.4. The first-order chi connectivity index (χ1) is 15.1. The van der Waals surface area contributed by atoms with E-state index in [4.69, 9.17) is 18.9 Å². The minimum Gasteiger partial charge on any atom is -0.493 e. The molecule has 2 aromatic carbocycles. The normalized spacial score (nSPS) is 14.3. The predicted octanol–water partition coefficient (Wildman–Crippen LogP) is 3.74. The number of hydrogen-bond acceptors (Lipinski definition) is 6. The Kier molecular flexibility index (Phi) is 8.18. The van der Waals surface area contributed by atoms with E-state index in [1.165, 1.54) is 6.08 Å². The van der Waals surface area contributed by atoms with Crippen molar-refractivity contribution in [3.63, 3.8) is 0 Å². The predicted molar refractivity (Wildman–Crippen MR) is 121 cm³/mol. The third kappa shape index (κ3) is 6.39. The molecule has 1 heterocycles. The number of hydrogen-bond donors (Lipinski definition) is 2. The van der Waals surface area contributed by atoms with E-state index >= 15 is 0 Å². The van der Waals surface area contributed by atoms with Crippen LogP contribution in [0.4, 0.5) is 5.69 Å². The molecule has 0 unspecified atom stereocenters. The molecule has 166 valence electrons. The van der Waals surface area contributed by atoms with Gasteiger partial charge in [0.2, 0.25) is 11.7 Å². The number of benzene rings is 2. The van der Waals surface area contributed by atoms with Crippen LogP contribution >= 0.6 is 0 Å². The van der Waals surface area contributed by atoms with Crippen LogP contribution in [-0.4, -0.2) is 46.9 Å². The number of methoxy groups -OCH3 is 3. The number of ether oxygens (including phenoxy) is 4. The molecule has 2 N–H and O–H groups in total. The highest BCUT2D eigenvalue weighted by Crippen LogP contribution is 2.38. The lowest BCUT2D eigenvalue weighted by Gasteiger charge is -2.22. The van der Waals surface area contributed by atoms with Gasteiger partial charge in [-0.15, -0.1) is 0 Å². The average molecular weight is 427 g/mol. The molecule has 31 heavy (non-hydrogen) atoms. The van der Waals surface area contributed by atoms with Crippen molar-refractivity contribution in [1.29, 1.82) is 0 Å². The fraction of sp³-hybridized carbons (Fsp3) is 0.375. The van der Waals surface area contributed by atoms with E-state index in [-0.39, 0.29) is 5.91 Å². The first kappa shape index (κ1) is 22.5. The molecule has 1 fully saturated rings. The third-order valence-electron chi connectivity index (χ3n) is 5.16. The van der Waals surface area contributed by atoms with Gasteiger partial charge in [0.1, 0.15) is 5.75 Å². The van der Waals surface area contributed by atoms with E-state index in [1.54, 1.807) is 39.5 Å². The highest BCUT2D eigenvalue weighted by molar-refractivity contribution is 6.02. The van der Waals surface area contributed by atoms with Crippen LogP contribution in [0.5, 0.6) is 23.0 Å². The highest BCUT2D eigenvalue weighted by atomic mass is 16.5. The number of carbonyl (C=O) groups is 1. The van der Waals surface area contributed by atoms with Crippen molar-refractivity contribution in [2.75, 3.05) is 46.3 Å². The molecular weight excluding hydrogens is 396 g/mol. The Morgan fingerprint density at radius 1 is 1.06 bits per heavy atom. The zero-order valence-corrected chi connectivity index (χ0v) is 18.3. The maximum atomic E-state index is 12.4. The maximum absolute atomic E-state index is 12.4. The first-order valence-corrected chi connectivity index (χ1v) is 10.4. The second-order valence-electron chi connectivity index (χ2n) is 7.31. The molecule has 0 atom stereocenters. The SMILES string of the molecule is COc1cc(C=CC(=O)Nc2cccc(OCC3CCNCC3)c2)cc(OC)c1OC. The molecule has 1 aliphatic rings. The fourth-order valence-corrected chi connectivity index (χ4v) is 3.48. The maximum Gasteiger partial charge on any atom is 0.248 e. The van der Waals surface area contributed by atoms with Gasteiger partial charge in [0, 0.05) is 17.8 Å². The van der Waals surface area contributed by atoms with Gasteiger partial charge >= 0.3 is 0 Å². The molecule has 0 aromatic heterocycles. The van der Waals surface area contributed by atoms with Crippen LogP contribution in [0, 0.1) is 5.92 Å². The van der Waals surface area contributed by atoms with Gasteiger partial charge in [0.05, 0.1) is 27.9 Å². The van der Waals surface area contributed by atoms with Crippen molar-refractivity contribution < 1.29 is 23.7 Å². The van der Waals surface area contributed by atoms with E-state index in [0.717, 1.165) is 37.2 Å². The van der Waals surface area contributed by atoms with Crippen LogP contribution in [0.25, 0.3) is 6.08 Å². The molecule has 0 saturated carbocycles. The van der Waals surface area contributed by atoms with Crippen LogP contribution in [0.3, 0.4) is 0 Å². The minimum absolute atomic E-state index is 0.246. The van der Waals surface area contributed by atoms with Crippen molar-refractivity contribution in [2.45, 2.75) is 12.8 Å². The number of piperidine rings is 1. The van der Waals surface area contributed by atoms with Gasteiger partial charge < -0.3 is 29.6 Å². The molecule has 7 heteroatoms. The van der Waals surface area contributed by atoms with Crippen LogP contribution in [-0.2, 0) is 4.79 Å². The topological polar surface area (TPSA) is 78.1 Å². The van der Waals surface area contributed by atoms with E-state index < -0.39 is 0 Å². The molecule has 3 rings (SSSR count). The van der Waals surface area contributed by atoms with Gasteiger partial charge in [-0.1, -0.05) is 6.07 Å². The summed E-state index contributed by atoms with van der Waals surface area (Å²) in [5.74, 6) is 2.64. The Hall–Kier alpha value is -3.19. The van der Waals surface area contributed by atoms with Crippen molar-refractivity contribution in [3.05, 3.63) is 48.0 Å². The second kappa shape index (κ2) is 11.3. The molecule has 0 bridgehead atoms. The number of rotatable bonds is 9. The molecule has 2 aromatic rings. The van der Waals surface area contributed by atoms with Gasteiger partial charge in [-0.2, -0.15) is 0 Å². The van der Waals surface area contributed by atoms with E-state index in [9.17, 15) is 4.79 Å². The summed E-state index contributed by atoms with van der Waals surface area (Å²) in [6.07, 6.45) is 5.41. The average Bonchev–Trinajstić information content (AvgIpc) is 2.81. The summed E-state index contributed by atoms with van der Waals surface area (Å²) in [7, 11) is 4.66. The molecule has 0 aliphatic carbocycles. The van der Waals surface area contributed by atoms with Crippen LogP contribution in [0.1, 0.15) is 18.4 Å². The summed E-state index contributed by atoms with van der Waals surface area (Å²) in [5, 5.41) is 6.22. The van der Waals surface area contributed by atoms with Gasteiger partial charge in [-0.25, -0.2) is 0 Å². The van der Waals surface area contributed by atoms with Crippen LogP contribution in [0.15, 0.2) is 42.5 Å². The van der Waals surface area contributed by atoms with E-state index in [1.807, 2.05) is 24.3 Å². The lowest BCUT2D eigenvalue weighted by molar-refractivity contribution is -0.111. The Morgan fingerprint density at radius 2 is 1.77 bits per heavy atom. The fourth-order valence-electron chi connectivity index (χ4n) is 3.48. The Morgan fingerprint density at radius 3 is 2.42 bits per heavy atom. The second-order valence-corrected chi connectivity index (χ2v) is 7.31. The van der Waals surface area contributed by atoms with Crippen molar-refractivity contribution in [3.8, 4) is 23.0 Å². The monoisotopic (exact) mass is 426 g/mol. The molecular formula is C24H30N2O5.